The maximum absolute atomic E-state index is 12.9. The van der Waals surface area contributed by atoms with Crippen LogP contribution in [0.1, 0.15) is 12.5 Å². The molecule has 2 aromatic carbocycles. The number of nitrogens with one attached hydrogen (secondary N) is 2. The Morgan fingerprint density at radius 3 is 2.48 bits per heavy atom. The summed E-state index contributed by atoms with van der Waals surface area (Å²) in [5.41, 5.74) is -0.701. The van der Waals surface area contributed by atoms with Crippen LogP contribution in [0.15, 0.2) is 48.5 Å². The first-order valence-electron chi connectivity index (χ1n) is 8.42. The van der Waals surface area contributed by atoms with Crippen molar-refractivity contribution in [2.45, 2.75) is 13.1 Å². The van der Waals surface area contributed by atoms with Gasteiger partial charge in [-0.25, -0.2) is 0 Å². The van der Waals surface area contributed by atoms with Crippen LogP contribution in [0.25, 0.3) is 0 Å². The smallest absolute Gasteiger partial charge is 0.416 e. The number of carbonyl (C=O) groups is 1. The van der Waals surface area contributed by atoms with Crippen LogP contribution in [0.3, 0.4) is 0 Å². The summed E-state index contributed by atoms with van der Waals surface area (Å²) in [5.74, 6) is 0.576. The van der Waals surface area contributed by atoms with Gasteiger partial charge >= 0.3 is 6.18 Å². The summed E-state index contributed by atoms with van der Waals surface area (Å²) in [4.78, 5) is 11.9. The fourth-order valence-electron chi connectivity index (χ4n) is 2.24. The minimum atomic E-state index is -4.47. The molecule has 0 fully saturated rings. The highest BCUT2D eigenvalue weighted by molar-refractivity contribution is 5.81. The van der Waals surface area contributed by atoms with E-state index in [1.54, 1.807) is 19.1 Å². The highest BCUT2D eigenvalue weighted by Gasteiger charge is 2.31. The van der Waals surface area contributed by atoms with Crippen LogP contribution in [-0.4, -0.2) is 32.2 Å². The third-order valence-electron chi connectivity index (χ3n) is 3.48. The number of hydrogen-bond acceptors (Lipinski definition) is 4. The van der Waals surface area contributed by atoms with Crippen molar-refractivity contribution in [1.82, 2.24) is 5.32 Å². The van der Waals surface area contributed by atoms with E-state index in [-0.39, 0.29) is 37.0 Å². The van der Waals surface area contributed by atoms with Gasteiger partial charge in [0.1, 0.15) is 18.1 Å². The molecule has 1 amide bonds. The Morgan fingerprint density at radius 2 is 1.81 bits per heavy atom. The lowest BCUT2D eigenvalue weighted by Gasteiger charge is -2.15. The molecule has 0 saturated carbocycles. The molecule has 0 unspecified atom stereocenters. The Labute approximate surface area is 155 Å². The Bertz CT molecular complexity index is 737. The molecule has 2 rings (SSSR count). The van der Waals surface area contributed by atoms with E-state index in [1.165, 1.54) is 6.07 Å². The van der Waals surface area contributed by atoms with Crippen molar-refractivity contribution in [3.8, 4) is 11.5 Å². The van der Waals surface area contributed by atoms with Crippen molar-refractivity contribution >= 4 is 11.6 Å². The molecule has 0 bridgehead atoms. The van der Waals surface area contributed by atoms with Gasteiger partial charge in [-0.3, -0.25) is 4.79 Å². The third-order valence-corrected chi connectivity index (χ3v) is 3.48. The number of benzene rings is 2. The Hall–Kier alpha value is -2.90. The number of amides is 1. The first-order chi connectivity index (χ1) is 12.9. The zero-order valence-electron chi connectivity index (χ0n) is 14.8. The molecule has 0 aliphatic heterocycles. The van der Waals surface area contributed by atoms with Gasteiger partial charge in [0.2, 0.25) is 5.91 Å². The minimum absolute atomic E-state index is 0.113. The topological polar surface area (TPSA) is 59.6 Å². The molecule has 27 heavy (non-hydrogen) atoms. The van der Waals surface area contributed by atoms with Crippen molar-refractivity contribution in [2.24, 2.45) is 0 Å². The molecular formula is C19H21F3N2O3. The average molecular weight is 382 g/mol. The number of halogens is 3. The second-order valence-electron chi connectivity index (χ2n) is 5.51. The zero-order valence-corrected chi connectivity index (χ0v) is 14.8. The lowest BCUT2D eigenvalue weighted by molar-refractivity contribution is -0.137. The number of hydrogen-bond donors (Lipinski definition) is 2. The molecule has 0 aromatic heterocycles. The van der Waals surface area contributed by atoms with E-state index in [2.05, 4.69) is 10.6 Å². The predicted octanol–water partition coefficient (Wildman–Crippen LogP) is 3.71. The van der Waals surface area contributed by atoms with E-state index in [4.69, 9.17) is 9.47 Å². The number of para-hydroxylation sites is 1. The summed E-state index contributed by atoms with van der Waals surface area (Å²) in [5, 5.41) is 5.32. The Kier molecular flexibility index (Phi) is 7.34. The zero-order chi connectivity index (χ0) is 19.7. The number of carbonyl (C=O) groups excluding carboxylic acids is 1. The molecule has 0 saturated heterocycles. The minimum Gasteiger partial charge on any atom is -0.492 e. The van der Waals surface area contributed by atoms with Crippen LogP contribution >= 0.6 is 0 Å². The molecule has 0 aliphatic rings. The summed E-state index contributed by atoms with van der Waals surface area (Å²) >= 11 is 0. The quantitative estimate of drug-likeness (QED) is 0.649. The number of anilines is 1. The predicted molar refractivity (Wildman–Crippen MR) is 96.0 cm³/mol. The van der Waals surface area contributed by atoms with Gasteiger partial charge in [0.15, 0.2) is 0 Å². The maximum Gasteiger partial charge on any atom is 0.416 e. The molecule has 0 spiro atoms. The lowest BCUT2D eigenvalue weighted by atomic mass is 10.1. The van der Waals surface area contributed by atoms with Crippen LogP contribution in [0.2, 0.25) is 0 Å². The van der Waals surface area contributed by atoms with Crippen LogP contribution in [0, 0.1) is 0 Å². The fourth-order valence-corrected chi connectivity index (χ4v) is 2.24. The van der Waals surface area contributed by atoms with Crippen molar-refractivity contribution in [3.63, 3.8) is 0 Å². The van der Waals surface area contributed by atoms with Gasteiger partial charge < -0.3 is 20.1 Å². The van der Waals surface area contributed by atoms with Crippen molar-refractivity contribution in [2.75, 3.05) is 31.6 Å². The van der Waals surface area contributed by atoms with Gasteiger partial charge in [-0.05, 0) is 37.3 Å². The van der Waals surface area contributed by atoms with E-state index in [1.807, 2.05) is 18.2 Å². The Balaban J connectivity index is 1.84. The molecule has 2 aromatic rings. The van der Waals surface area contributed by atoms with E-state index >= 15 is 0 Å². The molecule has 8 heteroatoms. The van der Waals surface area contributed by atoms with E-state index < -0.39 is 11.7 Å². The summed E-state index contributed by atoms with van der Waals surface area (Å²) in [6, 6.07) is 12.2. The molecule has 146 valence electrons. The Morgan fingerprint density at radius 1 is 1.07 bits per heavy atom. The van der Waals surface area contributed by atoms with Crippen LogP contribution in [0.4, 0.5) is 18.9 Å². The first kappa shape index (κ1) is 20.4. The molecule has 0 atom stereocenters. The van der Waals surface area contributed by atoms with Gasteiger partial charge in [-0.15, -0.1) is 0 Å². The number of ether oxygens (including phenoxy) is 2. The van der Waals surface area contributed by atoms with Crippen LogP contribution < -0.4 is 20.1 Å². The highest BCUT2D eigenvalue weighted by Crippen LogP contribution is 2.34. The maximum atomic E-state index is 12.9. The average Bonchev–Trinajstić information content (AvgIpc) is 2.64. The second kappa shape index (κ2) is 9.70. The SMILES string of the molecule is CCOc1ccc(C(F)(F)F)cc1NCC(=O)NCCOc1ccccc1. The van der Waals surface area contributed by atoms with E-state index in [9.17, 15) is 18.0 Å². The molecule has 0 heterocycles. The molecule has 0 aliphatic carbocycles. The monoisotopic (exact) mass is 382 g/mol. The summed E-state index contributed by atoms with van der Waals surface area (Å²) in [6.07, 6.45) is -4.47. The first-order valence-corrected chi connectivity index (χ1v) is 8.42. The summed E-state index contributed by atoms with van der Waals surface area (Å²) < 4.78 is 49.4. The number of rotatable bonds is 9. The van der Waals surface area contributed by atoms with Crippen molar-refractivity contribution in [1.29, 1.82) is 0 Å². The standard InChI is InChI=1S/C19H21F3N2O3/c1-2-26-17-9-8-14(19(20,21)22)12-16(17)24-13-18(25)23-10-11-27-15-6-4-3-5-7-15/h3-9,12,24H,2,10-11,13H2,1H3,(H,23,25). The lowest BCUT2D eigenvalue weighted by Crippen LogP contribution is -2.33. The van der Waals surface area contributed by atoms with Crippen LogP contribution in [0.5, 0.6) is 11.5 Å². The van der Waals surface area contributed by atoms with Crippen LogP contribution in [-0.2, 0) is 11.0 Å². The molecule has 2 N–H and O–H groups in total. The molecular weight excluding hydrogens is 361 g/mol. The molecule has 5 nitrogen and oxygen atoms in total. The van der Waals surface area contributed by atoms with Gasteiger partial charge in [-0.2, -0.15) is 13.2 Å². The third kappa shape index (κ3) is 6.73. The molecule has 0 radical (unpaired) electrons. The largest absolute Gasteiger partial charge is 0.492 e. The normalized spacial score (nSPS) is 11.0. The van der Waals surface area contributed by atoms with Gasteiger partial charge in [0, 0.05) is 0 Å². The second-order valence-corrected chi connectivity index (χ2v) is 5.51. The van der Waals surface area contributed by atoms with Gasteiger partial charge in [-0.1, -0.05) is 18.2 Å². The van der Waals surface area contributed by atoms with Gasteiger partial charge in [0.05, 0.1) is 30.9 Å². The van der Waals surface area contributed by atoms with E-state index in [0.29, 0.717) is 12.4 Å². The highest BCUT2D eigenvalue weighted by atomic mass is 19.4. The summed E-state index contributed by atoms with van der Waals surface area (Å²) in [7, 11) is 0. The number of alkyl halides is 3. The fraction of sp³-hybridized carbons (Fsp3) is 0.316. The summed E-state index contributed by atoms with van der Waals surface area (Å²) in [6.45, 7) is 2.39. The van der Waals surface area contributed by atoms with Gasteiger partial charge in [0.25, 0.3) is 0 Å². The van der Waals surface area contributed by atoms with Crippen molar-refractivity contribution < 1.29 is 27.4 Å². The van der Waals surface area contributed by atoms with Crippen molar-refractivity contribution in [3.05, 3.63) is 54.1 Å². The van der Waals surface area contributed by atoms with E-state index in [0.717, 1.165) is 12.1 Å².